The molecule has 5 aromatic rings. The van der Waals surface area contributed by atoms with E-state index in [9.17, 15) is 4.79 Å². The first-order chi connectivity index (χ1) is 21.1. The first-order valence-electron chi connectivity index (χ1n) is 13.7. The van der Waals surface area contributed by atoms with E-state index in [-0.39, 0.29) is 11.7 Å². The van der Waals surface area contributed by atoms with Gasteiger partial charge < -0.3 is 14.2 Å². The van der Waals surface area contributed by atoms with Crippen LogP contribution in [0.15, 0.2) is 113 Å². The fourth-order valence-electron chi connectivity index (χ4n) is 4.19. The number of ether oxygens (including phenoxy) is 3. The monoisotopic (exact) mass is 593 g/mol. The fourth-order valence-corrected chi connectivity index (χ4v) is 4.94. The number of nitrogens with one attached hydrogen (secondary N) is 1. The average Bonchev–Trinajstić information content (AvgIpc) is 3.48. The minimum atomic E-state index is -0.280. The first kappa shape index (κ1) is 29.4. The largest absolute Gasteiger partial charge is 0.494 e. The van der Waals surface area contributed by atoms with E-state index < -0.39 is 0 Å². The number of thioether (sulfide) groups is 1. The van der Waals surface area contributed by atoms with Crippen LogP contribution in [-0.4, -0.2) is 46.4 Å². The van der Waals surface area contributed by atoms with Crippen molar-refractivity contribution in [2.75, 3.05) is 19.5 Å². The summed E-state index contributed by atoms with van der Waals surface area (Å²) in [7, 11) is 1.59. The van der Waals surface area contributed by atoms with Crippen LogP contribution in [0, 0.1) is 0 Å². The van der Waals surface area contributed by atoms with Crippen LogP contribution in [0.2, 0.25) is 0 Å². The van der Waals surface area contributed by atoms with Crippen LogP contribution < -0.4 is 19.6 Å². The summed E-state index contributed by atoms with van der Waals surface area (Å²) in [5, 5.41) is 13.5. The van der Waals surface area contributed by atoms with E-state index in [4.69, 9.17) is 14.2 Å². The van der Waals surface area contributed by atoms with Gasteiger partial charge in [0.05, 0.1) is 25.7 Å². The van der Waals surface area contributed by atoms with Crippen molar-refractivity contribution in [3.8, 4) is 34.3 Å². The van der Waals surface area contributed by atoms with Crippen molar-refractivity contribution in [1.29, 1.82) is 0 Å². The molecule has 1 N–H and O–H groups in total. The lowest BCUT2D eigenvalue weighted by Gasteiger charge is -2.11. The first-order valence-corrected chi connectivity index (χ1v) is 14.7. The second-order valence-corrected chi connectivity index (χ2v) is 10.1. The normalized spacial score (nSPS) is 10.9. The standard InChI is InChI=1S/C33H31N5O4S/c1-3-41-28-17-15-27(16-18-28)38-32(26-12-8-5-9-13-26)36-37-33(38)43-23-31(39)35-34-21-25-14-19-29(40-2)30(20-25)42-22-24-10-6-4-7-11-24/h4-21H,3,22-23H2,1-2H3,(H,35,39)/b34-21-. The predicted octanol–water partition coefficient (Wildman–Crippen LogP) is 6.16. The number of methoxy groups -OCH3 is 1. The smallest absolute Gasteiger partial charge is 0.250 e. The van der Waals surface area contributed by atoms with E-state index in [2.05, 4.69) is 20.7 Å². The number of hydrogen-bond acceptors (Lipinski definition) is 8. The molecule has 4 aromatic carbocycles. The van der Waals surface area contributed by atoms with E-state index in [0.717, 1.165) is 28.1 Å². The quantitative estimate of drug-likeness (QED) is 0.0991. The fraction of sp³-hybridized carbons (Fsp3) is 0.152. The molecule has 0 spiro atoms. The number of rotatable bonds is 13. The number of nitrogens with zero attached hydrogens (tertiary/aromatic N) is 4. The summed E-state index contributed by atoms with van der Waals surface area (Å²) in [5.41, 5.74) is 6.16. The van der Waals surface area contributed by atoms with Crippen LogP contribution in [0.25, 0.3) is 17.1 Å². The second kappa shape index (κ2) is 14.7. The van der Waals surface area contributed by atoms with Crippen molar-refractivity contribution in [3.05, 3.63) is 114 Å². The Morgan fingerprint density at radius 1 is 0.907 bits per heavy atom. The summed E-state index contributed by atoms with van der Waals surface area (Å²) in [5.74, 6) is 2.46. The Morgan fingerprint density at radius 2 is 1.65 bits per heavy atom. The van der Waals surface area contributed by atoms with Gasteiger partial charge in [-0.05, 0) is 60.5 Å². The van der Waals surface area contributed by atoms with Crippen molar-refractivity contribution in [1.82, 2.24) is 20.2 Å². The van der Waals surface area contributed by atoms with Crippen molar-refractivity contribution in [2.24, 2.45) is 5.10 Å². The zero-order chi connectivity index (χ0) is 29.9. The van der Waals surface area contributed by atoms with Gasteiger partial charge in [-0.25, -0.2) is 5.43 Å². The molecule has 9 nitrogen and oxygen atoms in total. The van der Waals surface area contributed by atoms with Gasteiger partial charge >= 0.3 is 0 Å². The van der Waals surface area contributed by atoms with E-state index in [1.54, 1.807) is 19.4 Å². The molecule has 0 radical (unpaired) electrons. The molecule has 0 aliphatic carbocycles. The summed E-state index contributed by atoms with van der Waals surface area (Å²) in [6.07, 6.45) is 1.56. The summed E-state index contributed by atoms with van der Waals surface area (Å²) >= 11 is 1.27. The lowest BCUT2D eigenvalue weighted by molar-refractivity contribution is -0.118. The van der Waals surface area contributed by atoms with E-state index in [1.807, 2.05) is 109 Å². The molecular formula is C33H31N5O4S. The Morgan fingerprint density at radius 3 is 2.37 bits per heavy atom. The summed E-state index contributed by atoms with van der Waals surface area (Å²) < 4.78 is 18.9. The third-order valence-corrected chi connectivity index (χ3v) is 7.16. The molecule has 1 amide bonds. The van der Waals surface area contributed by atoms with Crippen LogP contribution in [-0.2, 0) is 11.4 Å². The lowest BCUT2D eigenvalue weighted by Crippen LogP contribution is -2.20. The minimum absolute atomic E-state index is 0.0926. The zero-order valence-corrected chi connectivity index (χ0v) is 24.7. The molecule has 0 saturated carbocycles. The van der Waals surface area contributed by atoms with Gasteiger partial charge in [0.25, 0.3) is 5.91 Å². The average molecular weight is 594 g/mol. The number of amides is 1. The van der Waals surface area contributed by atoms with E-state index in [0.29, 0.717) is 35.7 Å². The number of benzene rings is 4. The van der Waals surface area contributed by atoms with Gasteiger partial charge in [-0.3, -0.25) is 9.36 Å². The SMILES string of the molecule is CCOc1ccc(-n2c(SCC(=O)N/N=C\c3ccc(OC)c(OCc4ccccc4)c3)nnc2-c2ccccc2)cc1. The van der Waals surface area contributed by atoms with Gasteiger partial charge in [-0.2, -0.15) is 5.10 Å². The number of hydrogen-bond donors (Lipinski definition) is 1. The Hall–Kier alpha value is -5.09. The summed E-state index contributed by atoms with van der Waals surface area (Å²) in [4.78, 5) is 12.7. The molecule has 0 aliphatic rings. The van der Waals surface area contributed by atoms with Crippen LogP contribution in [0.4, 0.5) is 0 Å². The number of aromatic nitrogens is 3. The van der Waals surface area contributed by atoms with Crippen molar-refractivity contribution < 1.29 is 19.0 Å². The molecule has 43 heavy (non-hydrogen) atoms. The highest BCUT2D eigenvalue weighted by molar-refractivity contribution is 7.99. The molecule has 0 atom stereocenters. The topological polar surface area (TPSA) is 99.9 Å². The molecule has 1 aromatic heterocycles. The minimum Gasteiger partial charge on any atom is -0.494 e. The Bertz CT molecular complexity index is 1660. The Balaban J connectivity index is 1.24. The summed E-state index contributed by atoms with van der Waals surface area (Å²) in [6.45, 7) is 2.93. The van der Waals surface area contributed by atoms with Gasteiger partial charge in [-0.15, -0.1) is 10.2 Å². The molecule has 0 fully saturated rings. The molecule has 0 unspecified atom stereocenters. The molecular weight excluding hydrogens is 562 g/mol. The molecule has 0 bridgehead atoms. The third-order valence-electron chi connectivity index (χ3n) is 6.23. The van der Waals surface area contributed by atoms with Gasteiger partial charge in [0.15, 0.2) is 22.5 Å². The van der Waals surface area contributed by atoms with E-state index >= 15 is 0 Å². The highest BCUT2D eigenvalue weighted by Crippen LogP contribution is 2.30. The Labute approximate surface area is 254 Å². The van der Waals surface area contributed by atoms with Crippen molar-refractivity contribution in [2.45, 2.75) is 18.7 Å². The lowest BCUT2D eigenvalue weighted by atomic mass is 10.2. The molecule has 0 aliphatic heterocycles. The maximum atomic E-state index is 12.7. The highest BCUT2D eigenvalue weighted by Gasteiger charge is 2.17. The van der Waals surface area contributed by atoms with Crippen molar-refractivity contribution in [3.63, 3.8) is 0 Å². The van der Waals surface area contributed by atoms with Gasteiger partial charge in [-0.1, -0.05) is 72.4 Å². The molecule has 10 heteroatoms. The predicted molar refractivity (Wildman–Crippen MR) is 168 cm³/mol. The van der Waals surface area contributed by atoms with Crippen LogP contribution in [0.5, 0.6) is 17.2 Å². The maximum Gasteiger partial charge on any atom is 0.250 e. The van der Waals surface area contributed by atoms with Crippen LogP contribution >= 0.6 is 11.8 Å². The zero-order valence-electron chi connectivity index (χ0n) is 23.8. The van der Waals surface area contributed by atoms with Gasteiger partial charge in [0, 0.05) is 11.3 Å². The highest BCUT2D eigenvalue weighted by atomic mass is 32.2. The van der Waals surface area contributed by atoms with Gasteiger partial charge in [0.2, 0.25) is 0 Å². The molecule has 1 heterocycles. The Kier molecular flexibility index (Phi) is 10.0. The molecule has 0 saturated heterocycles. The van der Waals surface area contributed by atoms with Crippen LogP contribution in [0.3, 0.4) is 0 Å². The van der Waals surface area contributed by atoms with Crippen molar-refractivity contribution >= 4 is 23.9 Å². The molecule has 5 rings (SSSR count). The molecule has 218 valence electrons. The van der Waals surface area contributed by atoms with Crippen LogP contribution in [0.1, 0.15) is 18.1 Å². The third kappa shape index (κ3) is 7.81. The number of hydrazone groups is 1. The number of carbonyl (C=O) groups excluding carboxylic acids is 1. The number of carbonyl (C=O) groups is 1. The maximum absolute atomic E-state index is 12.7. The summed E-state index contributed by atoms with van der Waals surface area (Å²) in [6, 6.07) is 32.8. The second-order valence-electron chi connectivity index (χ2n) is 9.20. The van der Waals surface area contributed by atoms with E-state index in [1.165, 1.54) is 11.8 Å². The van der Waals surface area contributed by atoms with Gasteiger partial charge in [0.1, 0.15) is 12.4 Å².